The Morgan fingerprint density at radius 2 is 2.00 bits per heavy atom. The molecule has 3 rings (SSSR count). The van der Waals surface area contributed by atoms with Gasteiger partial charge in [-0.05, 0) is 24.8 Å². The minimum Gasteiger partial charge on any atom is -0.381 e. The van der Waals surface area contributed by atoms with Crippen LogP contribution in [0.25, 0.3) is 0 Å². The summed E-state index contributed by atoms with van der Waals surface area (Å²) in [5, 5.41) is 0. The van der Waals surface area contributed by atoms with E-state index in [0.29, 0.717) is 11.5 Å². The lowest BCUT2D eigenvalue weighted by Crippen LogP contribution is -2.30. The van der Waals surface area contributed by atoms with E-state index < -0.39 is 0 Å². The van der Waals surface area contributed by atoms with Gasteiger partial charge in [0, 0.05) is 37.4 Å². The fourth-order valence-electron chi connectivity index (χ4n) is 2.88. The van der Waals surface area contributed by atoms with Gasteiger partial charge in [0.25, 0.3) is 0 Å². The molecule has 0 aliphatic carbocycles. The van der Waals surface area contributed by atoms with E-state index in [1.54, 1.807) is 6.33 Å². The van der Waals surface area contributed by atoms with Gasteiger partial charge in [-0.3, -0.25) is 0 Å². The monoisotopic (exact) mass is 234 g/mol. The lowest BCUT2D eigenvalue weighted by atomic mass is 9.78. The van der Waals surface area contributed by atoms with E-state index in [1.807, 2.05) is 12.4 Å². The molecule has 92 valence electrons. The Morgan fingerprint density at radius 3 is 2.76 bits per heavy atom. The van der Waals surface area contributed by atoms with Crippen molar-refractivity contribution in [3.05, 3.63) is 24.3 Å². The van der Waals surface area contributed by atoms with Gasteiger partial charge in [-0.15, -0.1) is 0 Å². The van der Waals surface area contributed by atoms with Crippen molar-refractivity contribution < 1.29 is 9.47 Å². The third-order valence-corrected chi connectivity index (χ3v) is 3.92. The Bertz CT molecular complexity index is 363. The van der Waals surface area contributed by atoms with Crippen LogP contribution in [-0.4, -0.2) is 35.9 Å². The van der Waals surface area contributed by atoms with Gasteiger partial charge in [-0.25, -0.2) is 9.97 Å². The molecule has 0 saturated carbocycles. The maximum Gasteiger partial charge on any atom is 0.115 e. The van der Waals surface area contributed by atoms with Crippen LogP contribution in [0, 0.1) is 5.41 Å². The average molecular weight is 234 g/mol. The normalized spacial score (nSPS) is 27.4. The Balaban J connectivity index is 1.60. The van der Waals surface area contributed by atoms with Crippen LogP contribution < -0.4 is 0 Å². The molecule has 0 amide bonds. The Morgan fingerprint density at radius 1 is 1.24 bits per heavy atom. The topological polar surface area (TPSA) is 44.2 Å². The zero-order chi connectivity index (χ0) is 11.6. The lowest BCUT2D eigenvalue weighted by Gasteiger charge is -2.31. The van der Waals surface area contributed by atoms with Crippen LogP contribution in [0.4, 0.5) is 0 Å². The molecule has 2 aliphatic rings. The van der Waals surface area contributed by atoms with Crippen LogP contribution in [0.2, 0.25) is 0 Å². The van der Waals surface area contributed by atoms with E-state index in [2.05, 4.69) is 9.97 Å². The quantitative estimate of drug-likeness (QED) is 0.779. The molecule has 0 unspecified atom stereocenters. The molecule has 0 aromatic carbocycles. The molecule has 2 fully saturated rings. The molecule has 4 heteroatoms. The van der Waals surface area contributed by atoms with Gasteiger partial charge in [-0.2, -0.15) is 0 Å². The number of nitrogens with zero attached hydrogens (tertiary/aromatic N) is 2. The highest BCUT2D eigenvalue weighted by Gasteiger charge is 2.41. The summed E-state index contributed by atoms with van der Waals surface area (Å²) in [7, 11) is 0. The molecule has 2 aliphatic heterocycles. The Labute approximate surface area is 101 Å². The molecular weight excluding hydrogens is 216 g/mol. The smallest absolute Gasteiger partial charge is 0.115 e. The van der Waals surface area contributed by atoms with Crippen molar-refractivity contribution in [2.24, 2.45) is 5.41 Å². The second-order valence-electron chi connectivity index (χ2n) is 5.20. The van der Waals surface area contributed by atoms with E-state index in [1.165, 1.54) is 5.56 Å². The highest BCUT2D eigenvalue weighted by molar-refractivity contribution is 5.05. The minimum atomic E-state index is 0.332. The second-order valence-corrected chi connectivity index (χ2v) is 5.20. The van der Waals surface area contributed by atoms with Gasteiger partial charge in [-0.1, -0.05) is 0 Å². The third kappa shape index (κ3) is 2.48. The molecule has 0 N–H and O–H groups in total. The molecule has 0 bridgehead atoms. The summed E-state index contributed by atoms with van der Waals surface area (Å²) < 4.78 is 11.4. The summed E-state index contributed by atoms with van der Waals surface area (Å²) in [4.78, 5) is 8.09. The van der Waals surface area contributed by atoms with Crippen LogP contribution in [-0.2, 0) is 15.9 Å². The number of hydrogen-bond acceptors (Lipinski definition) is 4. The zero-order valence-corrected chi connectivity index (χ0v) is 9.97. The standard InChI is InChI=1S/C13H18N2O2/c1-3-16-4-2-13(1)6-12(17-9-13)5-11-7-14-10-15-8-11/h7-8,10,12H,1-6,9H2/t12-/m1/s1. The summed E-state index contributed by atoms with van der Waals surface area (Å²) in [6.07, 6.45) is 10.0. The van der Waals surface area contributed by atoms with Crippen molar-refractivity contribution in [2.45, 2.75) is 31.8 Å². The first-order valence-corrected chi connectivity index (χ1v) is 6.30. The fraction of sp³-hybridized carbons (Fsp3) is 0.692. The molecule has 2 saturated heterocycles. The van der Waals surface area contributed by atoms with Crippen LogP contribution in [0.5, 0.6) is 0 Å². The first kappa shape index (κ1) is 11.1. The average Bonchev–Trinajstić information content (AvgIpc) is 2.74. The Kier molecular flexibility index (Phi) is 3.07. The molecule has 0 radical (unpaired) electrons. The second kappa shape index (κ2) is 4.70. The molecule has 1 atom stereocenters. The first-order chi connectivity index (χ1) is 8.36. The Hall–Kier alpha value is -1.00. The first-order valence-electron chi connectivity index (χ1n) is 6.30. The molecule has 1 aromatic heterocycles. The van der Waals surface area contributed by atoms with Crippen molar-refractivity contribution in [3.63, 3.8) is 0 Å². The van der Waals surface area contributed by atoms with E-state index in [9.17, 15) is 0 Å². The van der Waals surface area contributed by atoms with Gasteiger partial charge in [0.05, 0.1) is 12.7 Å². The van der Waals surface area contributed by atoms with E-state index in [-0.39, 0.29) is 0 Å². The SMILES string of the molecule is c1ncc(C[C@@H]2CC3(CCOCC3)CO2)cn1. The minimum absolute atomic E-state index is 0.332. The van der Waals surface area contributed by atoms with E-state index in [0.717, 1.165) is 45.5 Å². The lowest BCUT2D eigenvalue weighted by molar-refractivity contribution is 0.00698. The highest BCUT2D eigenvalue weighted by Crippen LogP contribution is 2.41. The molecule has 17 heavy (non-hydrogen) atoms. The summed E-state index contributed by atoms with van der Waals surface area (Å²) in [5.74, 6) is 0. The van der Waals surface area contributed by atoms with Crippen LogP contribution in [0.3, 0.4) is 0 Å². The van der Waals surface area contributed by atoms with E-state index in [4.69, 9.17) is 9.47 Å². The van der Waals surface area contributed by atoms with Gasteiger partial charge in [0.15, 0.2) is 0 Å². The number of rotatable bonds is 2. The van der Waals surface area contributed by atoms with Crippen molar-refractivity contribution >= 4 is 0 Å². The summed E-state index contributed by atoms with van der Waals surface area (Å²) >= 11 is 0. The predicted octanol–water partition coefficient (Wildman–Crippen LogP) is 1.60. The van der Waals surface area contributed by atoms with Crippen molar-refractivity contribution in [1.29, 1.82) is 0 Å². The maximum absolute atomic E-state index is 5.94. The van der Waals surface area contributed by atoms with Gasteiger partial charge < -0.3 is 9.47 Å². The van der Waals surface area contributed by atoms with Crippen LogP contribution in [0.15, 0.2) is 18.7 Å². The van der Waals surface area contributed by atoms with Crippen molar-refractivity contribution in [1.82, 2.24) is 9.97 Å². The molecule has 4 nitrogen and oxygen atoms in total. The summed E-state index contributed by atoms with van der Waals surface area (Å²) in [5.41, 5.74) is 1.56. The van der Waals surface area contributed by atoms with Crippen molar-refractivity contribution in [3.8, 4) is 0 Å². The highest BCUT2D eigenvalue weighted by atomic mass is 16.5. The number of aromatic nitrogens is 2. The summed E-state index contributed by atoms with van der Waals surface area (Å²) in [6.45, 7) is 2.68. The number of ether oxygens (including phenoxy) is 2. The largest absolute Gasteiger partial charge is 0.381 e. The van der Waals surface area contributed by atoms with Gasteiger partial charge >= 0.3 is 0 Å². The fourth-order valence-corrected chi connectivity index (χ4v) is 2.88. The van der Waals surface area contributed by atoms with Crippen molar-refractivity contribution in [2.75, 3.05) is 19.8 Å². The molecule has 1 aromatic rings. The van der Waals surface area contributed by atoms with Gasteiger partial charge in [0.1, 0.15) is 6.33 Å². The maximum atomic E-state index is 5.94. The number of hydrogen-bond donors (Lipinski definition) is 0. The van der Waals surface area contributed by atoms with E-state index >= 15 is 0 Å². The zero-order valence-electron chi connectivity index (χ0n) is 9.97. The molecular formula is C13H18N2O2. The molecule has 3 heterocycles. The predicted molar refractivity (Wildman–Crippen MR) is 62.6 cm³/mol. The van der Waals surface area contributed by atoms with Gasteiger partial charge in [0.2, 0.25) is 0 Å². The third-order valence-electron chi connectivity index (χ3n) is 3.92. The van der Waals surface area contributed by atoms with Crippen LogP contribution in [0.1, 0.15) is 24.8 Å². The van der Waals surface area contributed by atoms with Crippen LogP contribution >= 0.6 is 0 Å². The molecule has 1 spiro atoms. The summed E-state index contributed by atoms with van der Waals surface area (Å²) in [6, 6.07) is 0.